The van der Waals surface area contributed by atoms with Gasteiger partial charge in [-0.3, -0.25) is 9.69 Å². The SMILES string of the molecule is CCOc1ccc(/C=C2\C=C(c3ccccc3)N(c3ccccc3Cl)C2=O)cc1Br. The molecular formula is C25H19BrClNO2. The third kappa shape index (κ3) is 4.07. The summed E-state index contributed by atoms with van der Waals surface area (Å²) in [7, 11) is 0. The van der Waals surface area contributed by atoms with E-state index in [-0.39, 0.29) is 5.91 Å². The minimum atomic E-state index is -0.119. The number of benzene rings is 3. The fourth-order valence-corrected chi connectivity index (χ4v) is 4.10. The number of halogens is 2. The van der Waals surface area contributed by atoms with Gasteiger partial charge in [0.2, 0.25) is 0 Å². The van der Waals surface area contributed by atoms with Crippen LogP contribution in [0.4, 0.5) is 5.69 Å². The van der Waals surface area contributed by atoms with Crippen LogP contribution in [0.1, 0.15) is 18.1 Å². The van der Waals surface area contributed by atoms with Crippen LogP contribution < -0.4 is 9.64 Å². The molecule has 1 aliphatic heterocycles. The van der Waals surface area contributed by atoms with Crippen LogP contribution in [0.5, 0.6) is 5.75 Å². The Morgan fingerprint density at radius 2 is 1.77 bits per heavy atom. The molecule has 1 heterocycles. The molecule has 3 aromatic rings. The van der Waals surface area contributed by atoms with Gasteiger partial charge in [0.05, 0.1) is 27.5 Å². The summed E-state index contributed by atoms with van der Waals surface area (Å²) in [5.41, 5.74) is 3.89. The van der Waals surface area contributed by atoms with Gasteiger partial charge < -0.3 is 4.74 Å². The number of hydrogen-bond acceptors (Lipinski definition) is 2. The van der Waals surface area contributed by atoms with Crippen LogP contribution >= 0.6 is 27.5 Å². The summed E-state index contributed by atoms with van der Waals surface area (Å²) in [4.78, 5) is 15.1. The molecule has 0 saturated carbocycles. The van der Waals surface area contributed by atoms with Gasteiger partial charge in [-0.15, -0.1) is 0 Å². The van der Waals surface area contributed by atoms with Gasteiger partial charge in [0.1, 0.15) is 5.75 Å². The number of para-hydroxylation sites is 1. The molecule has 1 amide bonds. The molecule has 4 rings (SSSR count). The van der Waals surface area contributed by atoms with Crippen molar-refractivity contribution < 1.29 is 9.53 Å². The number of rotatable bonds is 5. The molecule has 5 heteroatoms. The quantitative estimate of drug-likeness (QED) is 0.369. The van der Waals surface area contributed by atoms with Crippen molar-refractivity contribution in [1.29, 1.82) is 0 Å². The van der Waals surface area contributed by atoms with Crippen molar-refractivity contribution in [2.45, 2.75) is 6.92 Å². The van der Waals surface area contributed by atoms with Crippen LogP contribution in [0.2, 0.25) is 5.02 Å². The number of ether oxygens (including phenoxy) is 1. The molecule has 3 aromatic carbocycles. The summed E-state index contributed by atoms with van der Waals surface area (Å²) in [6.07, 6.45) is 3.79. The monoisotopic (exact) mass is 479 g/mol. The lowest BCUT2D eigenvalue weighted by Crippen LogP contribution is -2.25. The molecule has 150 valence electrons. The number of carbonyl (C=O) groups excluding carboxylic acids is 1. The molecule has 0 aromatic heterocycles. The highest BCUT2D eigenvalue weighted by Gasteiger charge is 2.31. The smallest absolute Gasteiger partial charge is 0.262 e. The molecule has 0 N–H and O–H groups in total. The Morgan fingerprint density at radius 3 is 2.47 bits per heavy atom. The molecule has 0 radical (unpaired) electrons. The fraction of sp³-hybridized carbons (Fsp3) is 0.0800. The lowest BCUT2D eigenvalue weighted by molar-refractivity contribution is -0.113. The Kier molecular flexibility index (Phi) is 6.07. The third-order valence-electron chi connectivity index (χ3n) is 4.72. The van der Waals surface area contributed by atoms with Gasteiger partial charge in [0.25, 0.3) is 5.91 Å². The highest BCUT2D eigenvalue weighted by atomic mass is 79.9. The first kappa shape index (κ1) is 20.5. The van der Waals surface area contributed by atoms with Crippen molar-refractivity contribution in [3.8, 4) is 5.75 Å². The summed E-state index contributed by atoms with van der Waals surface area (Å²) in [6.45, 7) is 2.53. The number of nitrogens with zero attached hydrogens (tertiary/aromatic N) is 1. The Hall–Kier alpha value is -2.82. The summed E-state index contributed by atoms with van der Waals surface area (Å²) < 4.78 is 6.42. The van der Waals surface area contributed by atoms with Crippen molar-refractivity contribution in [2.75, 3.05) is 11.5 Å². The predicted molar refractivity (Wildman–Crippen MR) is 127 cm³/mol. The summed E-state index contributed by atoms with van der Waals surface area (Å²) in [5.74, 6) is 0.655. The van der Waals surface area contributed by atoms with Gasteiger partial charge in [0.15, 0.2) is 0 Å². The minimum absolute atomic E-state index is 0.119. The maximum absolute atomic E-state index is 13.4. The molecule has 0 saturated heterocycles. The maximum atomic E-state index is 13.4. The average Bonchev–Trinajstić information content (AvgIpc) is 3.07. The molecule has 0 bridgehead atoms. The van der Waals surface area contributed by atoms with E-state index in [4.69, 9.17) is 16.3 Å². The third-order valence-corrected chi connectivity index (χ3v) is 5.66. The van der Waals surface area contributed by atoms with E-state index in [0.29, 0.717) is 22.9 Å². The van der Waals surface area contributed by atoms with E-state index in [1.807, 2.05) is 85.8 Å². The Bertz CT molecular complexity index is 1150. The number of amides is 1. The van der Waals surface area contributed by atoms with Gasteiger partial charge >= 0.3 is 0 Å². The maximum Gasteiger partial charge on any atom is 0.262 e. The molecule has 1 aliphatic rings. The predicted octanol–water partition coefficient (Wildman–Crippen LogP) is 6.97. The zero-order valence-electron chi connectivity index (χ0n) is 16.3. The zero-order valence-corrected chi connectivity index (χ0v) is 18.7. The molecule has 0 atom stereocenters. The van der Waals surface area contributed by atoms with Crippen molar-refractivity contribution >= 4 is 50.9 Å². The summed E-state index contributed by atoms with van der Waals surface area (Å²) in [5, 5.41) is 0.526. The zero-order chi connectivity index (χ0) is 21.1. The van der Waals surface area contributed by atoms with Crippen molar-refractivity contribution in [3.05, 3.63) is 105 Å². The van der Waals surface area contributed by atoms with E-state index in [9.17, 15) is 4.79 Å². The topological polar surface area (TPSA) is 29.5 Å². The average molecular weight is 481 g/mol. The normalized spacial score (nSPS) is 14.9. The van der Waals surface area contributed by atoms with E-state index in [0.717, 1.165) is 27.0 Å². The van der Waals surface area contributed by atoms with E-state index >= 15 is 0 Å². The second-order valence-electron chi connectivity index (χ2n) is 6.71. The Morgan fingerprint density at radius 1 is 1.03 bits per heavy atom. The largest absolute Gasteiger partial charge is 0.493 e. The van der Waals surface area contributed by atoms with Crippen molar-refractivity contribution in [1.82, 2.24) is 0 Å². The van der Waals surface area contributed by atoms with Gasteiger partial charge in [-0.05, 0) is 70.4 Å². The van der Waals surface area contributed by atoms with Crippen LogP contribution in [-0.4, -0.2) is 12.5 Å². The molecule has 30 heavy (non-hydrogen) atoms. The molecule has 0 aliphatic carbocycles. The van der Waals surface area contributed by atoms with Crippen LogP contribution in [0.15, 0.2) is 88.9 Å². The highest BCUT2D eigenvalue weighted by molar-refractivity contribution is 9.10. The molecular weight excluding hydrogens is 462 g/mol. The number of carbonyl (C=O) groups is 1. The second-order valence-corrected chi connectivity index (χ2v) is 7.97. The molecule has 0 fully saturated rings. The van der Waals surface area contributed by atoms with Gasteiger partial charge in [-0.25, -0.2) is 0 Å². The minimum Gasteiger partial charge on any atom is -0.493 e. The van der Waals surface area contributed by atoms with E-state index in [1.165, 1.54) is 0 Å². The Balaban J connectivity index is 1.79. The van der Waals surface area contributed by atoms with Crippen LogP contribution in [-0.2, 0) is 4.79 Å². The first-order chi connectivity index (χ1) is 14.6. The van der Waals surface area contributed by atoms with Gasteiger partial charge in [-0.2, -0.15) is 0 Å². The fourth-order valence-electron chi connectivity index (χ4n) is 3.37. The first-order valence-corrected chi connectivity index (χ1v) is 10.8. The van der Waals surface area contributed by atoms with Crippen molar-refractivity contribution in [2.24, 2.45) is 0 Å². The molecule has 0 unspecified atom stereocenters. The highest BCUT2D eigenvalue weighted by Crippen LogP contribution is 2.38. The summed E-state index contributed by atoms with van der Waals surface area (Å²) >= 11 is 9.97. The summed E-state index contributed by atoms with van der Waals surface area (Å²) in [6, 6.07) is 23.0. The van der Waals surface area contributed by atoms with Crippen LogP contribution in [0.25, 0.3) is 11.8 Å². The lowest BCUT2D eigenvalue weighted by Gasteiger charge is -2.21. The van der Waals surface area contributed by atoms with Crippen molar-refractivity contribution in [3.63, 3.8) is 0 Å². The van der Waals surface area contributed by atoms with Gasteiger partial charge in [-0.1, -0.05) is 60.1 Å². The first-order valence-electron chi connectivity index (χ1n) is 9.58. The lowest BCUT2D eigenvalue weighted by atomic mass is 10.1. The number of anilines is 1. The van der Waals surface area contributed by atoms with Gasteiger partial charge in [0, 0.05) is 5.57 Å². The second kappa shape index (κ2) is 8.90. The van der Waals surface area contributed by atoms with E-state index in [1.54, 1.807) is 11.0 Å². The standard InChI is InChI=1S/C25H19BrClNO2/c1-2-30-24-13-12-17(15-20(24)26)14-19-16-23(18-8-4-3-5-9-18)28(25(19)29)22-11-7-6-10-21(22)27/h3-16H,2H2,1H3/b19-14+. The van der Waals surface area contributed by atoms with E-state index < -0.39 is 0 Å². The molecule has 3 nitrogen and oxygen atoms in total. The molecule has 0 spiro atoms. The van der Waals surface area contributed by atoms with Crippen LogP contribution in [0, 0.1) is 0 Å². The van der Waals surface area contributed by atoms with Crippen LogP contribution in [0.3, 0.4) is 0 Å². The Labute approximate surface area is 189 Å². The van der Waals surface area contributed by atoms with E-state index in [2.05, 4.69) is 15.9 Å². The number of hydrogen-bond donors (Lipinski definition) is 0.